The van der Waals surface area contributed by atoms with E-state index >= 15 is 0 Å². The summed E-state index contributed by atoms with van der Waals surface area (Å²) in [6.07, 6.45) is -1.82. The molecule has 1 aliphatic rings. The van der Waals surface area contributed by atoms with Crippen LogP contribution in [-0.4, -0.2) is 188 Å². The van der Waals surface area contributed by atoms with E-state index in [-0.39, 0.29) is 57.6 Å². The molecular formula is C44H75N13O16S. The number of amides is 9. The maximum absolute atomic E-state index is 14.1. The Balaban J connectivity index is 3.36. The zero-order valence-electron chi connectivity index (χ0n) is 42.3. The number of hydrogen-bond acceptors (Lipinski definition) is 16. The van der Waals surface area contributed by atoms with Crippen LogP contribution in [0.15, 0.2) is 4.99 Å². The molecule has 1 saturated heterocycles. The number of aliphatic carboxylic acids is 3. The van der Waals surface area contributed by atoms with Gasteiger partial charge in [-0.05, 0) is 83.1 Å². The van der Waals surface area contributed by atoms with Crippen molar-refractivity contribution in [2.75, 3.05) is 25.1 Å². The van der Waals surface area contributed by atoms with Gasteiger partial charge in [-0.2, -0.15) is 11.8 Å². The third-order valence-corrected chi connectivity index (χ3v) is 12.5. The molecule has 0 aromatic rings. The topological polar surface area (TPSA) is 490 Å². The number of thioether (sulfide) groups is 1. The fourth-order valence-corrected chi connectivity index (χ4v) is 7.82. The monoisotopic (exact) mass is 1070 g/mol. The molecule has 0 radical (unpaired) electrons. The lowest BCUT2D eigenvalue weighted by molar-refractivity contribution is -0.145. The van der Waals surface area contributed by atoms with Gasteiger partial charge in [-0.1, -0.05) is 20.3 Å². The number of nitrogens with zero attached hydrogens (tertiary/aromatic N) is 2. The first-order valence-electron chi connectivity index (χ1n) is 24.0. The molecule has 418 valence electrons. The van der Waals surface area contributed by atoms with Crippen molar-refractivity contribution in [3.8, 4) is 0 Å². The van der Waals surface area contributed by atoms with Crippen molar-refractivity contribution in [2.24, 2.45) is 33.8 Å². The summed E-state index contributed by atoms with van der Waals surface area (Å²) in [5.74, 6) is -13.1. The highest BCUT2D eigenvalue weighted by Gasteiger charge is 2.41. The van der Waals surface area contributed by atoms with Crippen LogP contribution in [0.2, 0.25) is 0 Å². The van der Waals surface area contributed by atoms with E-state index in [1.54, 1.807) is 20.1 Å². The predicted octanol–water partition coefficient (Wildman–Crippen LogP) is -4.97. The molecular weight excluding hydrogens is 999 g/mol. The number of hydrogen-bond donors (Lipinski definition) is 15. The second-order valence-electron chi connectivity index (χ2n) is 17.8. The highest BCUT2D eigenvalue weighted by molar-refractivity contribution is 7.98. The highest BCUT2D eigenvalue weighted by atomic mass is 32.2. The van der Waals surface area contributed by atoms with E-state index in [9.17, 15) is 78.0 Å². The van der Waals surface area contributed by atoms with Crippen molar-refractivity contribution < 1.29 is 78.0 Å². The Morgan fingerprint density at radius 3 is 1.69 bits per heavy atom. The van der Waals surface area contributed by atoms with E-state index in [0.29, 0.717) is 18.6 Å². The van der Waals surface area contributed by atoms with Crippen LogP contribution in [0.3, 0.4) is 0 Å². The summed E-state index contributed by atoms with van der Waals surface area (Å²) in [4.78, 5) is 160. The number of rotatable bonds is 35. The van der Waals surface area contributed by atoms with E-state index in [0.717, 1.165) is 6.92 Å². The summed E-state index contributed by atoms with van der Waals surface area (Å²) in [7, 11) is 0. The SMILES string of the molecule is CC[C@H](C)[C@H](NC(=O)[C@@H](NC(=O)[C@H](CCC(=O)O)NC(=O)[C@H](C)NC(=O)[C@@H](N)CCCN=C(N)N)[C@@H](C)O)C(=O)N[C@@H](CCC(=O)O)C(=O)N[C@@H](CCSC)C(=O)N1CCC[C@H]1C(=O)N[C@@H](CCC(N)=O)C(=O)O. The zero-order valence-corrected chi connectivity index (χ0v) is 43.1. The Morgan fingerprint density at radius 1 is 0.649 bits per heavy atom. The van der Waals surface area contributed by atoms with E-state index in [4.69, 9.17) is 22.9 Å². The van der Waals surface area contributed by atoms with Crippen LogP contribution in [0.4, 0.5) is 0 Å². The van der Waals surface area contributed by atoms with Crippen LogP contribution in [-0.2, 0) is 57.5 Å². The number of carboxylic acid groups (broad SMARTS) is 3. The third kappa shape index (κ3) is 23.4. The molecule has 1 rings (SSSR count). The second kappa shape index (κ2) is 33.1. The number of aliphatic imine (C=N–C) groups is 1. The van der Waals surface area contributed by atoms with Crippen LogP contribution >= 0.6 is 11.8 Å². The summed E-state index contributed by atoms with van der Waals surface area (Å²) in [5.41, 5.74) is 21.6. The fraction of sp³-hybridized carbons (Fsp3) is 0.705. The maximum Gasteiger partial charge on any atom is 0.326 e. The molecule has 1 heterocycles. The number of nitrogens with two attached hydrogens (primary N) is 4. The lowest BCUT2D eigenvalue weighted by Crippen LogP contribution is -2.62. The Bertz CT molecular complexity index is 2030. The van der Waals surface area contributed by atoms with Crippen LogP contribution in [0.25, 0.3) is 0 Å². The molecule has 1 fully saturated rings. The van der Waals surface area contributed by atoms with Crippen LogP contribution in [0, 0.1) is 5.92 Å². The number of likely N-dealkylation sites (tertiary alicyclic amines) is 1. The summed E-state index contributed by atoms with van der Waals surface area (Å²) >= 11 is 1.31. The average Bonchev–Trinajstić information content (AvgIpc) is 3.83. The van der Waals surface area contributed by atoms with Gasteiger partial charge in [0.25, 0.3) is 0 Å². The van der Waals surface area contributed by atoms with Gasteiger partial charge in [0.1, 0.15) is 48.3 Å². The van der Waals surface area contributed by atoms with Crippen molar-refractivity contribution in [3.05, 3.63) is 0 Å². The number of guanidine groups is 1. The van der Waals surface area contributed by atoms with Gasteiger partial charge in [-0.25, -0.2) is 4.79 Å². The molecule has 9 amide bonds. The molecule has 30 heteroatoms. The number of carbonyl (C=O) groups excluding carboxylic acids is 9. The summed E-state index contributed by atoms with van der Waals surface area (Å²) < 4.78 is 0. The summed E-state index contributed by atoms with van der Waals surface area (Å²) in [5, 5.41) is 56.0. The first-order valence-corrected chi connectivity index (χ1v) is 25.4. The Labute approximate surface area is 432 Å². The normalized spacial score (nSPS) is 17.1. The Kier molecular flexibility index (Phi) is 29.2. The average molecular weight is 1070 g/mol. The molecule has 19 N–H and O–H groups in total. The molecule has 0 saturated carbocycles. The van der Waals surface area contributed by atoms with Crippen LogP contribution in [0.1, 0.15) is 105 Å². The molecule has 1 aliphatic heterocycles. The second-order valence-corrected chi connectivity index (χ2v) is 18.8. The Morgan fingerprint density at radius 2 is 1.18 bits per heavy atom. The van der Waals surface area contributed by atoms with E-state index in [2.05, 4.69) is 42.2 Å². The molecule has 11 atom stereocenters. The minimum absolute atomic E-state index is 0.000662. The van der Waals surface area contributed by atoms with Crippen LogP contribution in [0.5, 0.6) is 0 Å². The first-order chi connectivity index (χ1) is 34.6. The minimum Gasteiger partial charge on any atom is -0.481 e. The number of aliphatic hydroxyl groups is 1. The van der Waals surface area contributed by atoms with Crippen molar-refractivity contribution in [1.82, 2.24) is 42.1 Å². The van der Waals surface area contributed by atoms with Gasteiger partial charge in [0.2, 0.25) is 53.2 Å². The van der Waals surface area contributed by atoms with Gasteiger partial charge in [-0.3, -0.25) is 57.7 Å². The lowest BCUT2D eigenvalue weighted by Gasteiger charge is -2.31. The predicted molar refractivity (Wildman–Crippen MR) is 266 cm³/mol. The highest BCUT2D eigenvalue weighted by Crippen LogP contribution is 2.21. The maximum atomic E-state index is 14.1. The van der Waals surface area contributed by atoms with Gasteiger partial charge in [-0.15, -0.1) is 0 Å². The minimum atomic E-state index is -1.85. The molecule has 0 spiro atoms. The van der Waals surface area contributed by atoms with E-state index in [1.165, 1.54) is 23.6 Å². The molecule has 0 aromatic carbocycles. The standard InChI is InChI=1S/C44H75N13O16S/c1-6-21(2)33(55-41(70)34(23(4)58)56-38(67)26(13-16-32(62)63)51-35(64)22(3)50-36(65)24(45)9-7-18-49-44(47)48)40(69)52-25(12-15-31(60)61)37(66)53-27(17-20-74-5)42(71)57-19-8-10-29(57)39(68)54-28(43(72)73)11-14-30(46)59/h21-29,33-34,58H,6-20,45H2,1-5H3,(H2,46,59)(H,50,65)(H,51,64)(H,52,69)(H,53,66)(H,54,68)(H,55,70)(H,56,67)(H,60,61)(H,62,63)(H,72,73)(H4,47,48,49)/t21-,22-,23+,24-,25-,26-,27-,28-,29-,33-,34-/m0/s1. The first kappa shape index (κ1) is 65.2. The molecule has 74 heavy (non-hydrogen) atoms. The quantitative estimate of drug-likeness (QED) is 0.0161. The van der Waals surface area contributed by atoms with E-state index in [1.807, 2.05) is 0 Å². The number of primary amides is 1. The molecule has 0 aromatic heterocycles. The van der Waals surface area contributed by atoms with Gasteiger partial charge in [0.15, 0.2) is 5.96 Å². The number of carbonyl (C=O) groups is 12. The third-order valence-electron chi connectivity index (χ3n) is 11.8. The van der Waals surface area contributed by atoms with Crippen molar-refractivity contribution in [3.63, 3.8) is 0 Å². The lowest BCUT2D eigenvalue weighted by atomic mass is 9.96. The molecule has 0 unspecified atom stereocenters. The van der Waals surface area contributed by atoms with Gasteiger partial charge in [0.05, 0.1) is 12.1 Å². The van der Waals surface area contributed by atoms with Gasteiger partial charge in [0, 0.05) is 32.4 Å². The van der Waals surface area contributed by atoms with Gasteiger partial charge < -0.3 is 85.5 Å². The Hall–Kier alpha value is -6.82. The number of nitrogens with one attached hydrogen (secondary N) is 7. The molecule has 29 nitrogen and oxygen atoms in total. The summed E-state index contributed by atoms with van der Waals surface area (Å²) in [6.45, 7) is 5.80. The number of carboxylic acids is 3. The largest absolute Gasteiger partial charge is 0.481 e. The zero-order chi connectivity index (χ0) is 56.4. The van der Waals surface area contributed by atoms with Crippen molar-refractivity contribution >= 4 is 88.8 Å². The van der Waals surface area contributed by atoms with Crippen molar-refractivity contribution in [1.29, 1.82) is 0 Å². The molecule has 0 bridgehead atoms. The van der Waals surface area contributed by atoms with Crippen molar-refractivity contribution in [2.45, 2.75) is 165 Å². The fourth-order valence-electron chi connectivity index (χ4n) is 7.35. The number of aliphatic hydroxyl groups excluding tert-OH is 1. The van der Waals surface area contributed by atoms with E-state index < -0.39 is 163 Å². The van der Waals surface area contributed by atoms with Crippen LogP contribution < -0.4 is 60.2 Å². The smallest absolute Gasteiger partial charge is 0.326 e. The molecule has 0 aliphatic carbocycles. The van der Waals surface area contributed by atoms with Gasteiger partial charge >= 0.3 is 17.9 Å². The summed E-state index contributed by atoms with van der Waals surface area (Å²) in [6, 6.07) is -13.0.